The number of likely N-dealkylation sites (tertiary alicyclic amines) is 1. The third-order valence-electron chi connectivity index (χ3n) is 6.36. The van der Waals surface area contributed by atoms with Crippen molar-refractivity contribution in [2.75, 3.05) is 79.6 Å². The number of amides is 2. The van der Waals surface area contributed by atoms with Crippen molar-refractivity contribution in [3.05, 3.63) is 0 Å². The molecule has 32 heavy (non-hydrogen) atoms. The molecule has 2 amide bonds. The Morgan fingerprint density at radius 3 is 2.31 bits per heavy atom. The third-order valence-corrected chi connectivity index (χ3v) is 6.36. The molecule has 10 heteroatoms. The van der Waals surface area contributed by atoms with Crippen molar-refractivity contribution in [1.82, 2.24) is 24.9 Å². The Labute approximate surface area is 209 Å². The van der Waals surface area contributed by atoms with E-state index in [4.69, 9.17) is 4.74 Å². The first kappa shape index (κ1) is 27.1. The van der Waals surface area contributed by atoms with Gasteiger partial charge in [-0.15, -0.1) is 24.0 Å². The van der Waals surface area contributed by atoms with Gasteiger partial charge in [-0.05, 0) is 38.5 Å². The topological polar surface area (TPSA) is 80.7 Å². The summed E-state index contributed by atoms with van der Waals surface area (Å²) in [6.45, 7) is 7.21. The van der Waals surface area contributed by atoms with E-state index in [1.807, 2.05) is 4.90 Å². The molecule has 1 unspecified atom stereocenters. The van der Waals surface area contributed by atoms with E-state index in [1.165, 1.54) is 12.8 Å². The zero-order valence-electron chi connectivity index (χ0n) is 19.8. The highest BCUT2D eigenvalue weighted by Crippen LogP contribution is 2.13. The van der Waals surface area contributed by atoms with Gasteiger partial charge in [0.15, 0.2) is 5.96 Å². The lowest BCUT2D eigenvalue weighted by Gasteiger charge is -2.38. The molecule has 0 aromatic carbocycles. The lowest BCUT2D eigenvalue weighted by Crippen LogP contribution is -2.55. The summed E-state index contributed by atoms with van der Waals surface area (Å²) < 4.78 is 5.84. The molecule has 0 saturated carbocycles. The molecule has 1 atom stereocenters. The van der Waals surface area contributed by atoms with Gasteiger partial charge in [-0.2, -0.15) is 0 Å². The van der Waals surface area contributed by atoms with Crippen molar-refractivity contribution in [3.8, 4) is 0 Å². The Morgan fingerprint density at radius 2 is 1.69 bits per heavy atom. The number of piperazine rings is 1. The first-order valence-electron chi connectivity index (χ1n) is 11.9. The molecule has 3 rings (SSSR count). The number of halogens is 1. The Hall–Kier alpha value is -1.14. The second-order valence-corrected chi connectivity index (χ2v) is 9.00. The van der Waals surface area contributed by atoms with Gasteiger partial charge in [0.2, 0.25) is 11.8 Å². The number of hydrogen-bond donors (Lipinski definition) is 1. The van der Waals surface area contributed by atoms with E-state index in [1.54, 1.807) is 19.0 Å². The zero-order chi connectivity index (χ0) is 22.1. The summed E-state index contributed by atoms with van der Waals surface area (Å²) >= 11 is 0. The van der Waals surface area contributed by atoms with Crippen LogP contribution in [0.4, 0.5) is 0 Å². The number of carbonyl (C=O) groups is 2. The van der Waals surface area contributed by atoms with E-state index in [9.17, 15) is 9.59 Å². The molecular weight excluding hydrogens is 523 g/mol. The van der Waals surface area contributed by atoms with Gasteiger partial charge in [0.1, 0.15) is 6.54 Å². The van der Waals surface area contributed by atoms with E-state index >= 15 is 0 Å². The predicted molar refractivity (Wildman–Crippen MR) is 136 cm³/mol. The number of guanidine groups is 1. The maximum Gasteiger partial charge on any atom is 0.243 e. The minimum atomic E-state index is -0.0148. The van der Waals surface area contributed by atoms with Crippen LogP contribution in [0.3, 0.4) is 0 Å². The molecule has 3 heterocycles. The van der Waals surface area contributed by atoms with Crippen LogP contribution in [0.5, 0.6) is 0 Å². The molecule has 0 aromatic heterocycles. The number of piperidine rings is 1. The molecule has 184 valence electrons. The molecule has 0 aromatic rings. The molecule has 3 aliphatic rings. The quantitative estimate of drug-likeness (QED) is 0.293. The first-order valence-corrected chi connectivity index (χ1v) is 11.9. The molecular formula is C22H41IN6O3. The Bertz CT molecular complexity index is 613. The van der Waals surface area contributed by atoms with E-state index in [-0.39, 0.29) is 48.4 Å². The highest BCUT2D eigenvalue weighted by molar-refractivity contribution is 14.0. The van der Waals surface area contributed by atoms with Crippen LogP contribution in [0.1, 0.15) is 38.5 Å². The van der Waals surface area contributed by atoms with Crippen molar-refractivity contribution >= 4 is 41.8 Å². The third kappa shape index (κ3) is 8.66. The van der Waals surface area contributed by atoms with Crippen LogP contribution in [0.2, 0.25) is 0 Å². The monoisotopic (exact) mass is 564 g/mol. The van der Waals surface area contributed by atoms with E-state index < -0.39 is 0 Å². The van der Waals surface area contributed by atoms with Crippen LogP contribution in [0.25, 0.3) is 0 Å². The highest BCUT2D eigenvalue weighted by Gasteiger charge is 2.25. The molecule has 3 saturated heterocycles. The molecule has 3 aliphatic heterocycles. The van der Waals surface area contributed by atoms with Crippen LogP contribution >= 0.6 is 24.0 Å². The lowest BCUT2D eigenvalue weighted by molar-refractivity contribution is -0.133. The fraction of sp³-hybridized carbons (Fsp3) is 0.864. The maximum atomic E-state index is 12.6. The van der Waals surface area contributed by atoms with Gasteiger partial charge in [-0.25, -0.2) is 4.99 Å². The second-order valence-electron chi connectivity index (χ2n) is 9.00. The highest BCUT2D eigenvalue weighted by atomic mass is 127. The van der Waals surface area contributed by atoms with Gasteiger partial charge in [0.05, 0.1) is 12.6 Å². The minimum absolute atomic E-state index is 0. The number of nitrogens with one attached hydrogen (secondary N) is 1. The Balaban J connectivity index is 0.00000363. The fourth-order valence-corrected chi connectivity index (χ4v) is 4.28. The van der Waals surface area contributed by atoms with Crippen LogP contribution in [-0.2, 0) is 14.3 Å². The minimum Gasteiger partial charge on any atom is -0.376 e. The molecule has 0 bridgehead atoms. The molecule has 1 N–H and O–H groups in total. The Morgan fingerprint density at radius 1 is 0.969 bits per heavy atom. The van der Waals surface area contributed by atoms with Crippen molar-refractivity contribution < 1.29 is 14.3 Å². The number of nitrogens with zero attached hydrogens (tertiary/aromatic N) is 5. The number of rotatable bonds is 6. The van der Waals surface area contributed by atoms with Gasteiger partial charge in [0.25, 0.3) is 0 Å². The smallest absolute Gasteiger partial charge is 0.243 e. The van der Waals surface area contributed by atoms with Crippen molar-refractivity contribution in [3.63, 3.8) is 0 Å². The second kappa shape index (κ2) is 14.2. The normalized spacial score (nSPS) is 22.8. The van der Waals surface area contributed by atoms with Gasteiger partial charge >= 0.3 is 0 Å². The summed E-state index contributed by atoms with van der Waals surface area (Å²) in [6.07, 6.45) is 7.08. The standard InChI is InChI=1S/C22H40N6O3.HI/c1-25(2)20(29)17-24-22(23-16-19-8-4-7-15-31-19)28-13-11-26(12-14-28)18-21(30)27-9-5-3-6-10-27;/h19H,3-18H2,1-2H3,(H,23,24);1H. The van der Waals surface area contributed by atoms with Gasteiger partial charge in [-0.1, -0.05) is 0 Å². The summed E-state index contributed by atoms with van der Waals surface area (Å²) in [5.74, 6) is 1.01. The van der Waals surface area contributed by atoms with Gasteiger partial charge in [0, 0.05) is 66.5 Å². The summed E-state index contributed by atoms with van der Waals surface area (Å²) in [5.41, 5.74) is 0. The predicted octanol–water partition coefficient (Wildman–Crippen LogP) is 0.837. The van der Waals surface area contributed by atoms with Crippen LogP contribution in [-0.4, -0.2) is 123 Å². The molecule has 0 radical (unpaired) electrons. The lowest BCUT2D eigenvalue weighted by atomic mass is 10.1. The zero-order valence-corrected chi connectivity index (χ0v) is 22.1. The molecule has 0 aliphatic carbocycles. The van der Waals surface area contributed by atoms with Crippen molar-refractivity contribution in [1.29, 1.82) is 0 Å². The number of likely N-dealkylation sites (N-methyl/N-ethyl adjacent to an activating group) is 1. The average molecular weight is 565 g/mol. The summed E-state index contributed by atoms with van der Waals surface area (Å²) in [5, 5.41) is 3.45. The van der Waals surface area contributed by atoms with Crippen LogP contribution < -0.4 is 5.32 Å². The van der Waals surface area contributed by atoms with Crippen molar-refractivity contribution in [2.24, 2.45) is 4.99 Å². The Kier molecular flexibility index (Phi) is 12.0. The van der Waals surface area contributed by atoms with Crippen molar-refractivity contribution in [2.45, 2.75) is 44.6 Å². The van der Waals surface area contributed by atoms with Gasteiger partial charge in [-0.3, -0.25) is 14.5 Å². The first-order chi connectivity index (χ1) is 15.0. The summed E-state index contributed by atoms with van der Waals surface area (Å²) in [4.78, 5) is 37.3. The van der Waals surface area contributed by atoms with E-state index in [0.29, 0.717) is 13.1 Å². The van der Waals surface area contributed by atoms with E-state index in [2.05, 4.69) is 20.1 Å². The largest absolute Gasteiger partial charge is 0.376 e. The number of carbonyl (C=O) groups excluding carboxylic acids is 2. The van der Waals surface area contributed by atoms with Gasteiger partial charge < -0.3 is 24.8 Å². The molecule has 9 nitrogen and oxygen atoms in total. The number of aliphatic imine (C=N–C) groups is 1. The maximum absolute atomic E-state index is 12.6. The molecule has 0 spiro atoms. The summed E-state index contributed by atoms with van der Waals surface area (Å²) in [6, 6.07) is 0. The van der Waals surface area contributed by atoms with Crippen LogP contribution in [0, 0.1) is 0 Å². The molecule has 3 fully saturated rings. The number of ether oxygens (including phenoxy) is 1. The van der Waals surface area contributed by atoms with E-state index in [0.717, 1.165) is 77.5 Å². The average Bonchev–Trinajstić information content (AvgIpc) is 2.80. The van der Waals surface area contributed by atoms with Crippen LogP contribution in [0.15, 0.2) is 4.99 Å². The fourth-order valence-electron chi connectivity index (χ4n) is 4.28. The SMILES string of the molecule is CN(C)C(=O)CN=C(NCC1CCCCO1)N1CCN(CC(=O)N2CCCCC2)CC1.I. The number of hydrogen-bond acceptors (Lipinski definition) is 5. The summed E-state index contributed by atoms with van der Waals surface area (Å²) in [7, 11) is 3.50.